The number of rotatable bonds is 63. The largest absolute Gasteiger partial charge is 0.477 e. The van der Waals surface area contributed by atoms with Crippen molar-refractivity contribution in [1.82, 2.24) is 0 Å². The Labute approximate surface area is 523 Å². The van der Waals surface area contributed by atoms with Crippen LogP contribution in [0, 0.1) is 0 Å². The van der Waals surface area contributed by atoms with E-state index in [1.807, 2.05) is 21.1 Å². The van der Waals surface area contributed by atoms with Crippen molar-refractivity contribution in [3.05, 3.63) is 122 Å². The summed E-state index contributed by atoms with van der Waals surface area (Å²) in [5.41, 5.74) is 0. The van der Waals surface area contributed by atoms with Crippen LogP contribution in [0.3, 0.4) is 0 Å². The van der Waals surface area contributed by atoms with E-state index in [2.05, 4.69) is 135 Å². The van der Waals surface area contributed by atoms with E-state index in [1.165, 1.54) is 154 Å². The van der Waals surface area contributed by atoms with Crippen LogP contribution in [-0.4, -0.2) is 87.4 Å². The second-order valence-corrected chi connectivity index (χ2v) is 24.1. The van der Waals surface area contributed by atoms with Gasteiger partial charge in [-0.15, -0.1) is 0 Å². The number of esters is 2. The molecule has 0 aromatic rings. The van der Waals surface area contributed by atoms with Crippen LogP contribution in [0.4, 0.5) is 0 Å². The number of carbonyl (C=O) groups is 3. The minimum absolute atomic E-state index is 0.183. The maximum Gasteiger partial charge on any atom is 0.361 e. The van der Waals surface area contributed by atoms with Gasteiger partial charge < -0.3 is 28.5 Å². The quantitative estimate of drug-likeness (QED) is 0.0211. The summed E-state index contributed by atoms with van der Waals surface area (Å²) in [7, 11) is 5.98. The number of allylic oxidation sites excluding steroid dienone is 20. The van der Waals surface area contributed by atoms with Crippen LogP contribution in [0.1, 0.15) is 284 Å². The van der Waals surface area contributed by atoms with Gasteiger partial charge >= 0.3 is 17.9 Å². The van der Waals surface area contributed by atoms with Gasteiger partial charge in [0.2, 0.25) is 0 Å². The highest BCUT2D eigenvalue weighted by atomic mass is 16.7. The number of quaternary nitrogens is 1. The average Bonchev–Trinajstić information content (AvgIpc) is 3.49. The predicted octanol–water partition coefficient (Wildman–Crippen LogP) is 21.6. The molecule has 2 unspecified atom stereocenters. The van der Waals surface area contributed by atoms with Gasteiger partial charge in [-0.25, -0.2) is 4.79 Å². The van der Waals surface area contributed by atoms with Gasteiger partial charge in [0.05, 0.1) is 34.4 Å². The Morgan fingerprint density at radius 2 is 0.635 bits per heavy atom. The molecular weight excluding hydrogens is 1050 g/mol. The van der Waals surface area contributed by atoms with Gasteiger partial charge in [0.15, 0.2) is 6.10 Å². The number of carboxylic acid groups (broad SMARTS) is 1. The predicted molar refractivity (Wildman–Crippen MR) is 364 cm³/mol. The molecule has 1 N–H and O–H groups in total. The van der Waals surface area contributed by atoms with Gasteiger partial charge in [-0.1, -0.05) is 289 Å². The van der Waals surface area contributed by atoms with Crippen molar-refractivity contribution in [2.45, 2.75) is 296 Å². The van der Waals surface area contributed by atoms with E-state index in [1.54, 1.807) is 0 Å². The summed E-state index contributed by atoms with van der Waals surface area (Å²) in [6, 6.07) is 0. The Balaban J connectivity index is 4.13. The zero-order chi connectivity index (χ0) is 61.9. The van der Waals surface area contributed by atoms with E-state index >= 15 is 0 Å². The summed E-state index contributed by atoms with van der Waals surface area (Å²) >= 11 is 0. The number of ether oxygens (including phenoxy) is 4. The van der Waals surface area contributed by atoms with Crippen LogP contribution in [0.25, 0.3) is 0 Å². The Morgan fingerprint density at radius 3 is 0.941 bits per heavy atom. The maximum atomic E-state index is 13.0. The van der Waals surface area contributed by atoms with Crippen LogP contribution in [-0.2, 0) is 33.3 Å². The SMILES string of the molecule is CC/C=C\C/C=C\C/C=C\C/C=C\C/C=C\CCCCCCCCCCCCCCCCCC(=O)OC(COC(=O)CCCCCCCCCCCCCCC/C=C\C/C=C\C/C=C\C/C=C\C/C=C\CC)COC(OCC[N+](C)(C)C)C(=O)O. The Hall–Kier alpha value is -4.31. The molecule has 85 heavy (non-hydrogen) atoms. The molecule has 0 radical (unpaired) electrons. The number of carboxylic acids is 1. The second kappa shape index (κ2) is 65.7. The summed E-state index contributed by atoms with van der Waals surface area (Å²) in [4.78, 5) is 37.6. The fourth-order valence-electron chi connectivity index (χ4n) is 9.48. The summed E-state index contributed by atoms with van der Waals surface area (Å²) in [6.45, 7) is 4.67. The number of aliphatic carboxylic acids is 1. The summed E-state index contributed by atoms with van der Waals surface area (Å²) in [5.74, 6) is -2.00. The molecule has 9 heteroatoms. The van der Waals surface area contributed by atoms with Gasteiger partial charge in [0.25, 0.3) is 6.29 Å². The zero-order valence-corrected chi connectivity index (χ0v) is 55.5. The lowest BCUT2D eigenvalue weighted by atomic mass is 10.0. The molecule has 0 spiro atoms. The first kappa shape index (κ1) is 80.7. The number of hydrogen-bond acceptors (Lipinski definition) is 7. The van der Waals surface area contributed by atoms with Crippen molar-refractivity contribution in [2.75, 3.05) is 47.5 Å². The second-order valence-electron chi connectivity index (χ2n) is 24.1. The van der Waals surface area contributed by atoms with E-state index in [0.717, 1.165) is 103 Å². The normalized spacial score (nSPS) is 13.5. The first-order valence-corrected chi connectivity index (χ1v) is 34.7. The van der Waals surface area contributed by atoms with Crippen LogP contribution >= 0.6 is 0 Å². The minimum Gasteiger partial charge on any atom is -0.477 e. The van der Waals surface area contributed by atoms with Gasteiger partial charge in [-0.05, 0) is 103 Å². The highest BCUT2D eigenvalue weighted by Gasteiger charge is 2.25. The molecule has 0 heterocycles. The smallest absolute Gasteiger partial charge is 0.361 e. The van der Waals surface area contributed by atoms with Crippen LogP contribution in [0.15, 0.2) is 122 Å². The molecule has 0 saturated carbocycles. The molecule has 2 atom stereocenters. The molecule has 486 valence electrons. The van der Waals surface area contributed by atoms with Gasteiger partial charge in [-0.2, -0.15) is 0 Å². The average molecular weight is 1190 g/mol. The molecule has 0 aromatic heterocycles. The molecule has 0 aliphatic rings. The first-order chi connectivity index (χ1) is 41.6. The fraction of sp³-hybridized carbons (Fsp3) is 0.697. The summed E-state index contributed by atoms with van der Waals surface area (Å²) in [6.07, 6.45) is 90.2. The van der Waals surface area contributed by atoms with Crippen molar-refractivity contribution in [1.29, 1.82) is 0 Å². The summed E-state index contributed by atoms with van der Waals surface area (Å²) < 4.78 is 23.0. The maximum absolute atomic E-state index is 13.0. The van der Waals surface area contributed by atoms with E-state index in [9.17, 15) is 19.5 Å². The van der Waals surface area contributed by atoms with Crippen LogP contribution < -0.4 is 0 Å². The van der Waals surface area contributed by atoms with E-state index in [0.29, 0.717) is 17.4 Å². The number of unbranched alkanes of at least 4 members (excludes halogenated alkanes) is 28. The third-order valence-electron chi connectivity index (χ3n) is 14.7. The van der Waals surface area contributed by atoms with Gasteiger partial charge in [0.1, 0.15) is 13.2 Å². The third kappa shape index (κ3) is 67.1. The Morgan fingerprint density at radius 1 is 0.353 bits per heavy atom. The molecule has 0 aliphatic heterocycles. The zero-order valence-electron chi connectivity index (χ0n) is 55.5. The number of carbonyl (C=O) groups excluding carboxylic acids is 2. The molecule has 0 rings (SSSR count). The van der Waals surface area contributed by atoms with Crippen LogP contribution in [0.5, 0.6) is 0 Å². The lowest BCUT2D eigenvalue weighted by Crippen LogP contribution is -2.40. The summed E-state index contributed by atoms with van der Waals surface area (Å²) in [5, 5.41) is 9.75. The van der Waals surface area contributed by atoms with Crippen molar-refractivity contribution < 1.29 is 42.9 Å². The molecular formula is C76H130NO8+. The van der Waals surface area contributed by atoms with Crippen molar-refractivity contribution in [3.8, 4) is 0 Å². The van der Waals surface area contributed by atoms with E-state index < -0.39 is 24.3 Å². The topological polar surface area (TPSA) is 108 Å². The first-order valence-electron chi connectivity index (χ1n) is 34.7. The molecule has 0 bridgehead atoms. The van der Waals surface area contributed by atoms with Gasteiger partial charge in [0, 0.05) is 12.8 Å². The van der Waals surface area contributed by atoms with Crippen molar-refractivity contribution in [2.24, 2.45) is 0 Å². The van der Waals surface area contributed by atoms with E-state index in [4.69, 9.17) is 18.9 Å². The fourth-order valence-corrected chi connectivity index (χ4v) is 9.48. The van der Waals surface area contributed by atoms with Gasteiger partial charge in [-0.3, -0.25) is 9.59 Å². The number of nitrogens with zero attached hydrogens (tertiary/aromatic N) is 1. The monoisotopic (exact) mass is 1180 g/mol. The highest BCUT2D eigenvalue weighted by molar-refractivity contribution is 5.71. The standard InChI is InChI=1S/C76H129NO8/c1-6-8-10-12-14-16-18-20-22-24-26-28-30-32-34-36-37-39-41-43-45-47-49-51-53-55-57-59-61-63-65-67-74(79)85-72(71-84-76(75(80)81)82-69-68-77(3,4)5)70-83-73(78)66-64-62-60-58-56-54-52-50-48-46-44-42-40-38-35-33-31-29-27-25-23-21-19-17-15-13-11-9-7-2/h8-11,14-17,20-23,26-29,32-35,72,76H,6-7,12-13,18-19,24-25,30-31,36-71H2,1-5H3/p+1/b10-8-,11-9-,16-14-,17-15-,22-20-,23-21-,28-26-,29-27-,34-32-,35-33-. The molecule has 0 amide bonds. The Bertz CT molecular complexity index is 1810. The molecule has 0 aromatic carbocycles. The van der Waals surface area contributed by atoms with Crippen molar-refractivity contribution >= 4 is 17.9 Å². The molecule has 9 nitrogen and oxygen atoms in total. The highest BCUT2D eigenvalue weighted by Crippen LogP contribution is 2.17. The lowest BCUT2D eigenvalue weighted by Gasteiger charge is -2.25. The molecule has 0 saturated heterocycles. The van der Waals surface area contributed by atoms with E-state index in [-0.39, 0.29) is 32.2 Å². The lowest BCUT2D eigenvalue weighted by molar-refractivity contribution is -0.870. The van der Waals surface area contributed by atoms with Crippen molar-refractivity contribution in [3.63, 3.8) is 0 Å². The van der Waals surface area contributed by atoms with Crippen LogP contribution in [0.2, 0.25) is 0 Å². The number of likely N-dealkylation sites (N-methyl/N-ethyl adjacent to an activating group) is 1. The molecule has 0 fully saturated rings. The molecule has 0 aliphatic carbocycles. The Kier molecular flexibility index (Phi) is 62.3. The third-order valence-corrected chi connectivity index (χ3v) is 14.7. The minimum atomic E-state index is -1.52. The number of hydrogen-bond donors (Lipinski definition) is 1.